The lowest BCUT2D eigenvalue weighted by molar-refractivity contribution is -0.119. The van der Waals surface area contributed by atoms with E-state index >= 15 is 0 Å². The molecule has 0 fully saturated rings. The molecule has 0 aromatic rings. The summed E-state index contributed by atoms with van der Waals surface area (Å²) >= 11 is 1.55. The van der Waals surface area contributed by atoms with Crippen molar-refractivity contribution in [3.05, 3.63) is 0 Å². The molecule has 0 aliphatic rings. The quantitative estimate of drug-likeness (QED) is 0.511. The van der Waals surface area contributed by atoms with Crippen molar-refractivity contribution in [3.8, 4) is 12.0 Å². The second kappa shape index (κ2) is 6.11. The molecule has 0 spiro atoms. The van der Waals surface area contributed by atoms with Gasteiger partial charge < -0.3 is 0 Å². The van der Waals surface area contributed by atoms with Gasteiger partial charge in [0.25, 0.3) is 0 Å². The van der Waals surface area contributed by atoms with Crippen molar-refractivity contribution < 1.29 is 4.79 Å². The Labute approximate surface area is 72.1 Å². The maximum absolute atomic E-state index is 11.1. The summed E-state index contributed by atoms with van der Waals surface area (Å²) in [5.74, 6) is 2.62. The Hall–Kier alpha value is -0.620. The minimum absolute atomic E-state index is 0.00866. The van der Waals surface area contributed by atoms with Gasteiger partial charge in [-0.3, -0.25) is 10.1 Å². The first-order chi connectivity index (χ1) is 5.26. The third-order valence-corrected chi connectivity index (χ3v) is 2.37. The van der Waals surface area contributed by atoms with Crippen molar-refractivity contribution in [1.82, 2.24) is 5.32 Å². The predicted octanol–water partition coefficient (Wildman–Crippen LogP) is 1.22. The smallest absolute Gasteiger partial charge is 0.244 e. The van der Waals surface area contributed by atoms with Crippen LogP contribution >= 0.6 is 11.8 Å². The zero-order chi connectivity index (χ0) is 8.69. The molecule has 0 aliphatic carbocycles. The number of hydrogen-bond donors (Lipinski definition) is 1. The molecule has 62 valence electrons. The van der Waals surface area contributed by atoms with Crippen LogP contribution < -0.4 is 5.32 Å². The minimum atomic E-state index is 0.00866. The summed E-state index contributed by atoms with van der Waals surface area (Å²) in [6, 6.07) is 2.53. The number of carbonyl (C=O) groups excluding carboxylic acids is 1. The molecule has 0 saturated carbocycles. The number of rotatable bonds is 3. The van der Waals surface area contributed by atoms with Gasteiger partial charge in [0, 0.05) is 6.04 Å². The molecular weight excluding hydrogens is 158 g/mol. The molecule has 1 atom stereocenters. The minimum Gasteiger partial charge on any atom is -0.284 e. The highest BCUT2D eigenvalue weighted by Crippen LogP contribution is 2.09. The Morgan fingerprint density at radius 1 is 1.73 bits per heavy atom. The van der Waals surface area contributed by atoms with Gasteiger partial charge >= 0.3 is 0 Å². The predicted molar refractivity (Wildman–Crippen MR) is 49.2 cm³/mol. The van der Waals surface area contributed by atoms with Gasteiger partial charge in [0.2, 0.25) is 5.91 Å². The van der Waals surface area contributed by atoms with Gasteiger partial charge in [-0.1, -0.05) is 12.8 Å². The highest BCUT2D eigenvalue weighted by molar-refractivity contribution is 7.99. The number of hydrogen-bond acceptors (Lipinski definition) is 2. The van der Waals surface area contributed by atoms with Gasteiger partial charge in [0.15, 0.2) is 0 Å². The van der Waals surface area contributed by atoms with E-state index in [9.17, 15) is 4.79 Å². The van der Waals surface area contributed by atoms with E-state index in [-0.39, 0.29) is 11.2 Å². The summed E-state index contributed by atoms with van der Waals surface area (Å²) in [5.41, 5.74) is 0. The molecule has 0 aromatic carbocycles. The first-order valence-electron chi connectivity index (χ1n) is 3.50. The molecule has 0 heterocycles. The van der Waals surface area contributed by atoms with Crippen molar-refractivity contribution in [2.24, 2.45) is 0 Å². The number of carbonyl (C=O) groups is 1. The zero-order valence-electron chi connectivity index (χ0n) is 7.10. The van der Waals surface area contributed by atoms with E-state index in [1.165, 1.54) is 0 Å². The van der Waals surface area contributed by atoms with Crippen LogP contribution in [0.15, 0.2) is 0 Å². The van der Waals surface area contributed by atoms with Crippen LogP contribution in [0.3, 0.4) is 0 Å². The summed E-state index contributed by atoms with van der Waals surface area (Å²) in [4.78, 5) is 11.1. The van der Waals surface area contributed by atoms with E-state index in [1.54, 1.807) is 18.7 Å². The SMILES string of the molecule is CC#CNC(=O)C(CC)SC. The van der Waals surface area contributed by atoms with Crippen LogP contribution in [0.2, 0.25) is 0 Å². The maximum atomic E-state index is 11.1. The van der Waals surface area contributed by atoms with Crippen molar-refractivity contribution in [2.45, 2.75) is 25.5 Å². The number of amides is 1. The molecule has 0 saturated heterocycles. The fourth-order valence-electron chi connectivity index (χ4n) is 0.664. The Morgan fingerprint density at radius 2 is 2.36 bits per heavy atom. The van der Waals surface area contributed by atoms with Crippen molar-refractivity contribution >= 4 is 17.7 Å². The maximum Gasteiger partial charge on any atom is 0.244 e. The van der Waals surface area contributed by atoms with Crippen molar-refractivity contribution in [2.75, 3.05) is 6.26 Å². The van der Waals surface area contributed by atoms with Crippen LogP contribution in [0.25, 0.3) is 0 Å². The van der Waals surface area contributed by atoms with Crippen LogP contribution in [0.5, 0.6) is 0 Å². The topological polar surface area (TPSA) is 29.1 Å². The molecule has 2 nitrogen and oxygen atoms in total. The summed E-state index contributed by atoms with van der Waals surface area (Å²) in [6.45, 7) is 3.68. The Bertz CT molecular complexity index is 176. The van der Waals surface area contributed by atoms with E-state index in [0.29, 0.717) is 0 Å². The fraction of sp³-hybridized carbons (Fsp3) is 0.625. The van der Waals surface area contributed by atoms with Crippen LogP contribution in [-0.2, 0) is 4.79 Å². The van der Waals surface area contributed by atoms with Gasteiger partial charge in [0.05, 0.1) is 5.25 Å². The molecule has 0 radical (unpaired) electrons. The Morgan fingerprint density at radius 3 is 2.73 bits per heavy atom. The molecular formula is C8H13NOS. The van der Waals surface area contributed by atoms with Gasteiger partial charge in [-0.05, 0) is 19.6 Å². The highest BCUT2D eigenvalue weighted by Gasteiger charge is 2.12. The normalized spacial score (nSPS) is 11.2. The van der Waals surface area contributed by atoms with Gasteiger partial charge in [0.1, 0.15) is 0 Å². The number of nitrogens with one attached hydrogen (secondary N) is 1. The Balaban J connectivity index is 3.85. The molecule has 1 amide bonds. The standard InChI is InChI=1S/C8H13NOS/c1-4-6-9-8(10)7(5-2)11-3/h7H,5H2,1-3H3,(H,9,10). The lowest BCUT2D eigenvalue weighted by Crippen LogP contribution is -2.28. The molecule has 1 N–H and O–H groups in total. The van der Waals surface area contributed by atoms with Crippen LogP contribution in [0.4, 0.5) is 0 Å². The molecule has 0 aromatic heterocycles. The second-order valence-electron chi connectivity index (χ2n) is 2.00. The van der Waals surface area contributed by atoms with Crippen LogP contribution in [0.1, 0.15) is 20.3 Å². The summed E-state index contributed by atoms with van der Waals surface area (Å²) < 4.78 is 0. The fourth-order valence-corrected chi connectivity index (χ4v) is 1.27. The van der Waals surface area contributed by atoms with E-state index in [1.807, 2.05) is 13.2 Å². The lowest BCUT2D eigenvalue weighted by atomic mass is 10.3. The first kappa shape index (κ1) is 10.4. The van der Waals surface area contributed by atoms with Crippen LogP contribution in [0, 0.1) is 12.0 Å². The Kier molecular flexibility index (Phi) is 5.77. The van der Waals surface area contributed by atoms with E-state index in [0.717, 1.165) is 6.42 Å². The largest absolute Gasteiger partial charge is 0.284 e. The van der Waals surface area contributed by atoms with E-state index in [2.05, 4.69) is 17.3 Å². The molecule has 3 heteroatoms. The first-order valence-corrected chi connectivity index (χ1v) is 4.79. The monoisotopic (exact) mass is 171 g/mol. The molecule has 0 rings (SSSR count). The second-order valence-corrected chi connectivity index (χ2v) is 3.04. The van der Waals surface area contributed by atoms with E-state index < -0.39 is 0 Å². The zero-order valence-corrected chi connectivity index (χ0v) is 7.92. The van der Waals surface area contributed by atoms with Crippen molar-refractivity contribution in [3.63, 3.8) is 0 Å². The third kappa shape index (κ3) is 3.94. The molecule has 11 heavy (non-hydrogen) atoms. The summed E-state index contributed by atoms with van der Waals surface area (Å²) in [5, 5.41) is 2.55. The molecule has 0 aliphatic heterocycles. The van der Waals surface area contributed by atoms with Gasteiger partial charge in [-0.2, -0.15) is 11.8 Å². The molecule has 1 unspecified atom stereocenters. The molecule has 0 bridgehead atoms. The average molecular weight is 171 g/mol. The third-order valence-electron chi connectivity index (χ3n) is 1.26. The summed E-state index contributed by atoms with van der Waals surface area (Å²) in [6.07, 6.45) is 2.77. The van der Waals surface area contributed by atoms with Crippen molar-refractivity contribution in [1.29, 1.82) is 0 Å². The number of thioether (sulfide) groups is 1. The highest BCUT2D eigenvalue weighted by atomic mass is 32.2. The van der Waals surface area contributed by atoms with Gasteiger partial charge in [-0.15, -0.1) is 0 Å². The van der Waals surface area contributed by atoms with Gasteiger partial charge in [-0.25, -0.2) is 0 Å². The van der Waals surface area contributed by atoms with E-state index in [4.69, 9.17) is 0 Å². The van der Waals surface area contributed by atoms with Crippen LogP contribution in [-0.4, -0.2) is 17.4 Å². The summed E-state index contributed by atoms with van der Waals surface area (Å²) in [7, 11) is 0. The average Bonchev–Trinajstić information content (AvgIpc) is 2.03. The lowest BCUT2D eigenvalue weighted by Gasteiger charge is -2.07.